The number of nitrogens with zero attached hydrogens (tertiary/aromatic N) is 5. The number of pyridine rings is 1. The smallest absolute Gasteiger partial charge is 0.206 e. The van der Waals surface area contributed by atoms with E-state index in [1.807, 2.05) is 27.7 Å². The van der Waals surface area contributed by atoms with Crippen molar-refractivity contribution in [1.29, 1.82) is 5.26 Å². The number of hydrogen-bond donors (Lipinski definition) is 1. The molecule has 2 atom stereocenters. The number of nitriles is 1. The molecule has 0 unspecified atom stereocenters. The Morgan fingerprint density at radius 1 is 1.33 bits per heavy atom. The number of benzene rings is 1. The van der Waals surface area contributed by atoms with Crippen LogP contribution < -0.4 is 10.6 Å². The SMILES string of the molecule is N#Cc1ccc(Cn2c(N3CC[C@@H](F)[C@H](N)C3)nc3ccc(Cl)cc32)nc1. The molecule has 0 spiro atoms. The van der Waals surface area contributed by atoms with Gasteiger partial charge in [-0.15, -0.1) is 0 Å². The number of rotatable bonds is 3. The molecule has 1 aliphatic heterocycles. The fraction of sp³-hybridized carbons (Fsp3) is 0.316. The summed E-state index contributed by atoms with van der Waals surface area (Å²) in [5.41, 5.74) is 8.92. The average Bonchev–Trinajstić information content (AvgIpc) is 3.02. The highest BCUT2D eigenvalue weighted by Crippen LogP contribution is 2.28. The predicted molar refractivity (Wildman–Crippen MR) is 102 cm³/mol. The van der Waals surface area contributed by atoms with Gasteiger partial charge in [0.25, 0.3) is 0 Å². The summed E-state index contributed by atoms with van der Waals surface area (Å²) in [6, 6.07) is 10.6. The van der Waals surface area contributed by atoms with Gasteiger partial charge in [-0.3, -0.25) is 4.98 Å². The summed E-state index contributed by atoms with van der Waals surface area (Å²) in [5, 5.41) is 9.56. The molecule has 3 heterocycles. The van der Waals surface area contributed by atoms with Gasteiger partial charge < -0.3 is 15.2 Å². The normalized spacial score (nSPS) is 20.0. The second kappa shape index (κ2) is 7.14. The molecule has 4 rings (SSSR count). The number of anilines is 1. The van der Waals surface area contributed by atoms with E-state index in [2.05, 4.69) is 11.1 Å². The van der Waals surface area contributed by atoms with Gasteiger partial charge in [0.15, 0.2) is 0 Å². The van der Waals surface area contributed by atoms with Crippen LogP contribution in [0, 0.1) is 11.3 Å². The van der Waals surface area contributed by atoms with Crippen LogP contribution in [-0.2, 0) is 6.54 Å². The maximum Gasteiger partial charge on any atom is 0.206 e. The van der Waals surface area contributed by atoms with Crippen molar-refractivity contribution < 1.29 is 4.39 Å². The van der Waals surface area contributed by atoms with E-state index in [0.29, 0.717) is 36.6 Å². The van der Waals surface area contributed by atoms with Crippen molar-refractivity contribution in [2.24, 2.45) is 5.73 Å². The lowest BCUT2D eigenvalue weighted by Gasteiger charge is -2.34. The van der Waals surface area contributed by atoms with Gasteiger partial charge in [-0.25, -0.2) is 9.37 Å². The Hall–Kier alpha value is -2.69. The third-order valence-electron chi connectivity index (χ3n) is 4.82. The van der Waals surface area contributed by atoms with Crippen molar-refractivity contribution in [3.05, 3.63) is 52.8 Å². The zero-order valence-electron chi connectivity index (χ0n) is 14.5. The van der Waals surface area contributed by atoms with E-state index in [1.54, 1.807) is 18.3 Å². The van der Waals surface area contributed by atoms with Gasteiger partial charge in [-0.05, 0) is 36.8 Å². The second-order valence-electron chi connectivity index (χ2n) is 6.70. The number of fused-ring (bicyclic) bond motifs is 1. The second-order valence-corrected chi connectivity index (χ2v) is 7.13. The Labute approximate surface area is 161 Å². The molecule has 2 N–H and O–H groups in total. The number of alkyl halides is 1. The van der Waals surface area contributed by atoms with E-state index < -0.39 is 12.2 Å². The predicted octanol–water partition coefficient (Wildman–Crippen LogP) is 2.88. The van der Waals surface area contributed by atoms with Crippen LogP contribution in [0.15, 0.2) is 36.5 Å². The van der Waals surface area contributed by atoms with E-state index in [1.165, 1.54) is 0 Å². The number of imidazole rings is 1. The van der Waals surface area contributed by atoms with Gasteiger partial charge in [0.1, 0.15) is 12.2 Å². The molecule has 1 aliphatic rings. The van der Waals surface area contributed by atoms with Gasteiger partial charge >= 0.3 is 0 Å². The first-order valence-corrected chi connectivity index (χ1v) is 9.08. The van der Waals surface area contributed by atoms with Gasteiger partial charge in [-0.2, -0.15) is 5.26 Å². The molecule has 3 aromatic rings. The molecule has 6 nitrogen and oxygen atoms in total. The Morgan fingerprint density at radius 3 is 2.89 bits per heavy atom. The zero-order chi connectivity index (χ0) is 19.0. The minimum atomic E-state index is -0.992. The number of halogens is 2. The standard InChI is InChI=1S/C19H18ClFN6/c20-13-2-4-17-18(7-13)27(10-14-3-1-12(8-22)9-24-14)19(25-17)26-6-5-15(21)16(23)11-26/h1-4,7,9,15-16H,5-6,10-11,23H2/t15-,16-/m1/s1. The first-order valence-electron chi connectivity index (χ1n) is 8.70. The lowest BCUT2D eigenvalue weighted by Crippen LogP contribution is -2.50. The van der Waals surface area contributed by atoms with Crippen LogP contribution in [0.2, 0.25) is 5.02 Å². The van der Waals surface area contributed by atoms with Gasteiger partial charge in [0.05, 0.1) is 34.9 Å². The van der Waals surface area contributed by atoms with Gasteiger partial charge in [-0.1, -0.05) is 11.6 Å². The van der Waals surface area contributed by atoms with Crippen LogP contribution in [0.3, 0.4) is 0 Å². The van der Waals surface area contributed by atoms with E-state index in [4.69, 9.17) is 27.6 Å². The molecule has 0 aliphatic carbocycles. The van der Waals surface area contributed by atoms with E-state index >= 15 is 0 Å². The number of nitrogens with two attached hydrogens (primary N) is 1. The van der Waals surface area contributed by atoms with Crippen molar-refractivity contribution in [2.45, 2.75) is 25.2 Å². The lowest BCUT2D eigenvalue weighted by atomic mass is 10.1. The maximum atomic E-state index is 13.8. The fourth-order valence-corrected chi connectivity index (χ4v) is 3.53. The molecule has 0 radical (unpaired) electrons. The quantitative estimate of drug-likeness (QED) is 0.750. The van der Waals surface area contributed by atoms with Crippen molar-refractivity contribution in [3.63, 3.8) is 0 Å². The minimum absolute atomic E-state index is 0.375. The minimum Gasteiger partial charge on any atom is -0.340 e. The first-order chi connectivity index (χ1) is 13.0. The molecular formula is C19H18ClFN6. The molecular weight excluding hydrogens is 367 g/mol. The summed E-state index contributed by atoms with van der Waals surface area (Å²) in [6.45, 7) is 1.41. The summed E-state index contributed by atoms with van der Waals surface area (Å²) in [7, 11) is 0. The molecule has 0 saturated carbocycles. The van der Waals surface area contributed by atoms with Crippen LogP contribution in [0.5, 0.6) is 0 Å². The topological polar surface area (TPSA) is 83.8 Å². The van der Waals surface area contributed by atoms with E-state index in [9.17, 15) is 4.39 Å². The number of hydrogen-bond acceptors (Lipinski definition) is 5. The highest BCUT2D eigenvalue weighted by Gasteiger charge is 2.29. The van der Waals surface area contributed by atoms with Gasteiger partial charge in [0.2, 0.25) is 5.95 Å². The van der Waals surface area contributed by atoms with Crippen LogP contribution in [0.25, 0.3) is 11.0 Å². The molecule has 2 aromatic heterocycles. The summed E-state index contributed by atoms with van der Waals surface area (Å²) in [5.74, 6) is 0.723. The first kappa shape index (κ1) is 17.7. The maximum absolute atomic E-state index is 13.8. The van der Waals surface area contributed by atoms with Crippen molar-refractivity contribution in [3.8, 4) is 6.07 Å². The van der Waals surface area contributed by atoms with Crippen LogP contribution in [-0.4, -0.2) is 39.8 Å². The monoisotopic (exact) mass is 384 g/mol. The van der Waals surface area contributed by atoms with E-state index in [-0.39, 0.29) is 0 Å². The fourth-order valence-electron chi connectivity index (χ4n) is 3.36. The largest absolute Gasteiger partial charge is 0.340 e. The summed E-state index contributed by atoms with van der Waals surface area (Å²) >= 11 is 6.19. The average molecular weight is 385 g/mol. The number of piperidine rings is 1. The third kappa shape index (κ3) is 3.46. The Bertz CT molecular complexity index is 1010. The highest BCUT2D eigenvalue weighted by molar-refractivity contribution is 6.31. The van der Waals surface area contributed by atoms with Crippen molar-refractivity contribution in [1.82, 2.24) is 14.5 Å². The Kier molecular flexibility index (Phi) is 4.68. The highest BCUT2D eigenvalue weighted by atomic mass is 35.5. The Morgan fingerprint density at radius 2 is 2.19 bits per heavy atom. The van der Waals surface area contributed by atoms with E-state index in [0.717, 1.165) is 22.7 Å². The molecule has 1 fully saturated rings. The lowest BCUT2D eigenvalue weighted by molar-refractivity contribution is 0.243. The molecule has 8 heteroatoms. The molecule has 0 bridgehead atoms. The molecule has 138 valence electrons. The summed E-state index contributed by atoms with van der Waals surface area (Å²) in [6.07, 6.45) is 0.931. The van der Waals surface area contributed by atoms with Crippen molar-refractivity contribution >= 4 is 28.6 Å². The summed E-state index contributed by atoms with van der Waals surface area (Å²) < 4.78 is 15.8. The Balaban J connectivity index is 1.76. The van der Waals surface area contributed by atoms with Crippen LogP contribution >= 0.6 is 11.6 Å². The van der Waals surface area contributed by atoms with Gasteiger partial charge in [0, 0.05) is 24.3 Å². The molecule has 0 amide bonds. The summed E-state index contributed by atoms with van der Waals surface area (Å²) in [4.78, 5) is 11.1. The molecule has 1 aromatic carbocycles. The van der Waals surface area contributed by atoms with Crippen LogP contribution in [0.4, 0.5) is 10.3 Å². The van der Waals surface area contributed by atoms with Crippen molar-refractivity contribution in [2.75, 3.05) is 18.0 Å². The third-order valence-corrected chi connectivity index (χ3v) is 5.05. The van der Waals surface area contributed by atoms with Crippen LogP contribution in [0.1, 0.15) is 17.7 Å². The molecule has 1 saturated heterocycles. The number of aromatic nitrogens is 3. The zero-order valence-corrected chi connectivity index (χ0v) is 15.3. The molecule has 27 heavy (non-hydrogen) atoms.